The van der Waals surface area contributed by atoms with Gasteiger partial charge < -0.3 is 19.9 Å². The van der Waals surface area contributed by atoms with Crippen molar-refractivity contribution >= 4 is 11.6 Å². The van der Waals surface area contributed by atoms with Gasteiger partial charge in [-0.25, -0.2) is 0 Å². The lowest BCUT2D eigenvalue weighted by molar-refractivity contribution is 0.102. The molecule has 1 aliphatic heterocycles. The number of nitrogens with one attached hydrogen (secondary N) is 1. The fraction of sp³-hybridized carbons (Fsp3) is 0.143. The summed E-state index contributed by atoms with van der Waals surface area (Å²) in [6.07, 6.45) is 2.66. The molecule has 1 amide bonds. The van der Waals surface area contributed by atoms with Gasteiger partial charge in [0.1, 0.15) is 19.0 Å². The lowest BCUT2D eigenvalue weighted by atomic mass is 10.2. The van der Waals surface area contributed by atoms with Gasteiger partial charge in [0.15, 0.2) is 11.5 Å². The molecule has 0 spiro atoms. The van der Waals surface area contributed by atoms with Crippen LogP contribution >= 0.6 is 0 Å². The van der Waals surface area contributed by atoms with E-state index in [1.54, 1.807) is 18.2 Å². The van der Waals surface area contributed by atoms with Gasteiger partial charge >= 0.3 is 0 Å². The minimum atomic E-state index is -0.415. The van der Waals surface area contributed by atoms with Crippen LogP contribution in [-0.4, -0.2) is 29.2 Å². The number of hydrogen-bond acceptors (Lipinski definition) is 5. The molecule has 0 fully saturated rings. The van der Waals surface area contributed by atoms with E-state index < -0.39 is 5.91 Å². The van der Waals surface area contributed by atoms with E-state index in [2.05, 4.69) is 10.3 Å². The average Bonchev–Trinajstić information content (AvgIpc) is 2.47. The summed E-state index contributed by atoms with van der Waals surface area (Å²) in [6.45, 7) is 0.999. The monoisotopic (exact) mass is 272 g/mol. The van der Waals surface area contributed by atoms with Crippen LogP contribution in [0.1, 0.15) is 10.4 Å². The van der Waals surface area contributed by atoms with E-state index in [-0.39, 0.29) is 11.3 Å². The van der Waals surface area contributed by atoms with Gasteiger partial charge in [0.25, 0.3) is 5.91 Å². The lowest BCUT2D eigenvalue weighted by Gasteiger charge is -2.19. The molecule has 1 aromatic carbocycles. The lowest BCUT2D eigenvalue weighted by Crippen LogP contribution is -2.16. The topological polar surface area (TPSA) is 80.7 Å². The smallest absolute Gasteiger partial charge is 0.259 e. The van der Waals surface area contributed by atoms with Crippen molar-refractivity contribution in [3.63, 3.8) is 0 Å². The molecule has 0 saturated heterocycles. The van der Waals surface area contributed by atoms with E-state index in [0.29, 0.717) is 30.4 Å². The van der Waals surface area contributed by atoms with Crippen molar-refractivity contribution in [2.45, 2.75) is 0 Å². The van der Waals surface area contributed by atoms with Gasteiger partial charge in [-0.3, -0.25) is 9.78 Å². The zero-order valence-corrected chi connectivity index (χ0v) is 10.5. The predicted octanol–water partition coefficient (Wildman–Crippen LogP) is 1.81. The number of nitrogens with zero attached hydrogens (tertiary/aromatic N) is 1. The summed E-state index contributed by atoms with van der Waals surface area (Å²) in [7, 11) is 0. The first kappa shape index (κ1) is 12.3. The average molecular weight is 272 g/mol. The molecule has 6 heteroatoms. The van der Waals surface area contributed by atoms with Crippen LogP contribution in [0.5, 0.6) is 17.2 Å². The zero-order valence-electron chi connectivity index (χ0n) is 10.5. The van der Waals surface area contributed by atoms with Gasteiger partial charge in [-0.15, -0.1) is 0 Å². The minimum Gasteiger partial charge on any atom is -0.505 e. The van der Waals surface area contributed by atoms with Gasteiger partial charge in [0.05, 0.1) is 11.8 Å². The van der Waals surface area contributed by atoms with Crippen molar-refractivity contribution < 1.29 is 19.4 Å². The standard InChI is InChI=1S/C14H12N2O4/c17-11-8-15-4-3-10(11)14(18)16-9-1-2-12-13(7-9)20-6-5-19-12/h1-4,7-8,17H,5-6H2,(H,16,18). The van der Waals surface area contributed by atoms with Crippen LogP contribution in [0.15, 0.2) is 36.7 Å². The largest absolute Gasteiger partial charge is 0.505 e. The minimum absolute atomic E-state index is 0.162. The maximum absolute atomic E-state index is 12.0. The number of carbonyl (C=O) groups excluding carboxylic acids is 1. The Hall–Kier alpha value is -2.76. The Morgan fingerprint density at radius 2 is 2.00 bits per heavy atom. The van der Waals surface area contributed by atoms with E-state index in [1.807, 2.05) is 0 Å². The molecule has 2 heterocycles. The number of ether oxygens (including phenoxy) is 2. The molecule has 0 unspecified atom stereocenters. The molecule has 0 radical (unpaired) electrons. The second-order valence-electron chi connectivity index (χ2n) is 4.21. The molecular formula is C14H12N2O4. The molecule has 102 valence electrons. The Morgan fingerprint density at radius 1 is 1.20 bits per heavy atom. The summed E-state index contributed by atoms with van der Waals surface area (Å²) in [5.74, 6) is 0.665. The van der Waals surface area contributed by atoms with E-state index in [4.69, 9.17) is 9.47 Å². The van der Waals surface area contributed by atoms with Crippen molar-refractivity contribution in [2.75, 3.05) is 18.5 Å². The van der Waals surface area contributed by atoms with E-state index in [9.17, 15) is 9.90 Å². The number of aromatic hydroxyl groups is 1. The fourth-order valence-corrected chi connectivity index (χ4v) is 1.90. The number of fused-ring (bicyclic) bond motifs is 1. The first-order valence-corrected chi connectivity index (χ1v) is 6.08. The number of carbonyl (C=O) groups is 1. The third-order valence-electron chi connectivity index (χ3n) is 2.84. The van der Waals surface area contributed by atoms with Crippen LogP contribution in [0.2, 0.25) is 0 Å². The SMILES string of the molecule is O=C(Nc1ccc2c(c1)OCCO2)c1ccncc1O. The zero-order chi connectivity index (χ0) is 13.9. The predicted molar refractivity (Wildman–Crippen MR) is 71.3 cm³/mol. The molecule has 0 saturated carbocycles. The number of aromatic nitrogens is 1. The van der Waals surface area contributed by atoms with Crippen molar-refractivity contribution in [1.29, 1.82) is 0 Å². The van der Waals surface area contributed by atoms with E-state index in [0.717, 1.165) is 0 Å². The Morgan fingerprint density at radius 3 is 2.80 bits per heavy atom. The van der Waals surface area contributed by atoms with Crippen LogP contribution in [0, 0.1) is 0 Å². The molecular weight excluding hydrogens is 260 g/mol. The van der Waals surface area contributed by atoms with Crippen molar-refractivity contribution in [3.05, 3.63) is 42.2 Å². The summed E-state index contributed by atoms with van der Waals surface area (Å²) in [5, 5.41) is 12.3. The van der Waals surface area contributed by atoms with Crippen LogP contribution in [0.25, 0.3) is 0 Å². The Bertz CT molecular complexity index is 657. The number of amides is 1. The summed E-state index contributed by atoms with van der Waals surface area (Å²) in [5.41, 5.74) is 0.727. The summed E-state index contributed by atoms with van der Waals surface area (Å²) in [6, 6.07) is 6.58. The number of anilines is 1. The maximum atomic E-state index is 12.0. The van der Waals surface area contributed by atoms with Crippen molar-refractivity contribution in [3.8, 4) is 17.2 Å². The number of benzene rings is 1. The number of rotatable bonds is 2. The Labute approximate surface area is 115 Å². The maximum Gasteiger partial charge on any atom is 0.259 e. The third-order valence-corrected chi connectivity index (χ3v) is 2.84. The van der Waals surface area contributed by atoms with Gasteiger partial charge in [0.2, 0.25) is 0 Å². The van der Waals surface area contributed by atoms with E-state index >= 15 is 0 Å². The van der Waals surface area contributed by atoms with Gasteiger partial charge in [-0.2, -0.15) is 0 Å². The molecule has 1 aromatic heterocycles. The van der Waals surface area contributed by atoms with Crippen molar-refractivity contribution in [2.24, 2.45) is 0 Å². The first-order valence-electron chi connectivity index (χ1n) is 6.08. The molecule has 1 aliphatic rings. The number of hydrogen-bond donors (Lipinski definition) is 2. The number of pyridine rings is 1. The summed E-state index contributed by atoms with van der Waals surface area (Å²) >= 11 is 0. The highest BCUT2D eigenvalue weighted by Gasteiger charge is 2.14. The van der Waals surface area contributed by atoms with E-state index in [1.165, 1.54) is 18.5 Å². The normalized spacial score (nSPS) is 12.8. The highest BCUT2D eigenvalue weighted by atomic mass is 16.6. The summed E-state index contributed by atoms with van der Waals surface area (Å²) in [4.78, 5) is 15.8. The Kier molecular flexibility index (Phi) is 3.12. The van der Waals surface area contributed by atoms with Crippen molar-refractivity contribution in [1.82, 2.24) is 4.98 Å². The van der Waals surface area contributed by atoms with Gasteiger partial charge in [-0.1, -0.05) is 0 Å². The van der Waals surface area contributed by atoms with Gasteiger partial charge in [-0.05, 0) is 18.2 Å². The molecule has 0 aliphatic carbocycles. The molecule has 3 rings (SSSR count). The van der Waals surface area contributed by atoms with Crippen LogP contribution in [0.4, 0.5) is 5.69 Å². The fourth-order valence-electron chi connectivity index (χ4n) is 1.90. The molecule has 0 atom stereocenters. The van der Waals surface area contributed by atoms with Crippen LogP contribution in [0.3, 0.4) is 0 Å². The highest BCUT2D eigenvalue weighted by molar-refractivity contribution is 6.06. The molecule has 2 aromatic rings. The third kappa shape index (κ3) is 2.35. The highest BCUT2D eigenvalue weighted by Crippen LogP contribution is 2.32. The van der Waals surface area contributed by atoms with Crippen LogP contribution in [-0.2, 0) is 0 Å². The second kappa shape index (κ2) is 5.08. The second-order valence-corrected chi connectivity index (χ2v) is 4.21. The first-order chi connectivity index (χ1) is 9.74. The molecule has 0 bridgehead atoms. The molecule has 20 heavy (non-hydrogen) atoms. The van der Waals surface area contributed by atoms with Crippen LogP contribution < -0.4 is 14.8 Å². The quantitative estimate of drug-likeness (QED) is 0.871. The Balaban J connectivity index is 1.81. The molecule has 6 nitrogen and oxygen atoms in total. The van der Waals surface area contributed by atoms with Gasteiger partial charge in [0, 0.05) is 18.0 Å². The summed E-state index contributed by atoms with van der Waals surface area (Å²) < 4.78 is 10.8. The molecule has 2 N–H and O–H groups in total.